The first-order valence-corrected chi connectivity index (χ1v) is 8.58. The highest BCUT2D eigenvalue weighted by Crippen LogP contribution is 2.41. The van der Waals surface area contributed by atoms with E-state index in [4.69, 9.17) is 0 Å². The van der Waals surface area contributed by atoms with Gasteiger partial charge in [-0.3, -0.25) is 0 Å². The molecule has 1 aromatic rings. The lowest BCUT2D eigenvalue weighted by atomic mass is 9.79. The van der Waals surface area contributed by atoms with Crippen molar-refractivity contribution in [1.82, 2.24) is 14.5 Å². The standard InChI is InChI=1S/C13H20N4O2S/c1-3-20(18,19)17-7-6-13(10-17)8-16(9-13)12-5-4-11(2)14-15-12/h4-5H,3,6-10H2,1-2H3. The van der Waals surface area contributed by atoms with Crippen molar-refractivity contribution in [2.24, 2.45) is 5.41 Å². The zero-order valence-corrected chi connectivity index (χ0v) is 12.7. The van der Waals surface area contributed by atoms with Gasteiger partial charge >= 0.3 is 0 Å². The third-order valence-corrected chi connectivity index (χ3v) is 6.15. The minimum absolute atomic E-state index is 0.120. The highest BCUT2D eigenvalue weighted by molar-refractivity contribution is 7.89. The lowest BCUT2D eigenvalue weighted by Gasteiger charge is -2.48. The molecular weight excluding hydrogens is 276 g/mol. The average Bonchev–Trinajstić information content (AvgIpc) is 2.84. The molecule has 0 bridgehead atoms. The summed E-state index contributed by atoms with van der Waals surface area (Å²) >= 11 is 0. The van der Waals surface area contributed by atoms with E-state index in [0.717, 1.165) is 31.0 Å². The number of rotatable bonds is 3. The molecule has 2 saturated heterocycles. The topological polar surface area (TPSA) is 66.4 Å². The van der Waals surface area contributed by atoms with E-state index < -0.39 is 10.0 Å². The Morgan fingerprint density at radius 1 is 1.25 bits per heavy atom. The van der Waals surface area contributed by atoms with E-state index in [0.29, 0.717) is 13.1 Å². The monoisotopic (exact) mass is 296 g/mol. The Hall–Kier alpha value is -1.21. The first-order valence-electron chi connectivity index (χ1n) is 6.97. The van der Waals surface area contributed by atoms with E-state index in [-0.39, 0.29) is 11.2 Å². The molecule has 2 fully saturated rings. The van der Waals surface area contributed by atoms with Crippen LogP contribution in [0.5, 0.6) is 0 Å². The van der Waals surface area contributed by atoms with Crippen LogP contribution in [0, 0.1) is 12.3 Å². The van der Waals surface area contributed by atoms with Crippen LogP contribution < -0.4 is 4.90 Å². The van der Waals surface area contributed by atoms with Crippen LogP contribution in [0.25, 0.3) is 0 Å². The molecule has 20 heavy (non-hydrogen) atoms. The normalized spacial score (nSPS) is 22.2. The van der Waals surface area contributed by atoms with Gasteiger partial charge < -0.3 is 4.90 Å². The van der Waals surface area contributed by atoms with Crippen LogP contribution >= 0.6 is 0 Å². The number of hydrogen-bond acceptors (Lipinski definition) is 5. The van der Waals surface area contributed by atoms with Crippen LogP contribution in [-0.4, -0.2) is 54.9 Å². The second-order valence-electron chi connectivity index (χ2n) is 5.87. The summed E-state index contributed by atoms with van der Waals surface area (Å²) in [5, 5.41) is 8.25. The second-order valence-corrected chi connectivity index (χ2v) is 8.13. The quantitative estimate of drug-likeness (QED) is 0.819. The lowest BCUT2D eigenvalue weighted by molar-refractivity contribution is 0.228. The van der Waals surface area contributed by atoms with Gasteiger partial charge in [0, 0.05) is 31.6 Å². The van der Waals surface area contributed by atoms with Crippen molar-refractivity contribution in [2.75, 3.05) is 36.8 Å². The molecule has 0 atom stereocenters. The van der Waals surface area contributed by atoms with Crippen molar-refractivity contribution >= 4 is 15.8 Å². The zero-order chi connectivity index (χ0) is 14.4. The number of hydrogen-bond donors (Lipinski definition) is 0. The summed E-state index contributed by atoms with van der Waals surface area (Å²) in [6.07, 6.45) is 0.946. The largest absolute Gasteiger partial charge is 0.354 e. The smallest absolute Gasteiger partial charge is 0.213 e. The summed E-state index contributed by atoms with van der Waals surface area (Å²) in [4.78, 5) is 2.18. The van der Waals surface area contributed by atoms with E-state index in [2.05, 4.69) is 15.1 Å². The molecule has 0 aliphatic carbocycles. The molecule has 1 spiro atoms. The Morgan fingerprint density at radius 2 is 2.00 bits per heavy atom. The first-order chi connectivity index (χ1) is 9.44. The van der Waals surface area contributed by atoms with E-state index in [1.807, 2.05) is 19.1 Å². The van der Waals surface area contributed by atoms with Gasteiger partial charge in [0.1, 0.15) is 0 Å². The molecule has 1 aromatic heterocycles. The minimum atomic E-state index is -3.05. The van der Waals surface area contributed by atoms with Gasteiger partial charge in [-0.15, -0.1) is 5.10 Å². The third kappa shape index (κ3) is 2.29. The van der Waals surface area contributed by atoms with Gasteiger partial charge in [-0.1, -0.05) is 0 Å². The number of aryl methyl sites for hydroxylation is 1. The summed E-state index contributed by atoms with van der Waals surface area (Å²) in [7, 11) is -3.05. The molecule has 0 aromatic carbocycles. The molecule has 2 aliphatic rings. The predicted octanol–water partition coefficient (Wildman–Crippen LogP) is 0.647. The maximum Gasteiger partial charge on any atom is 0.213 e. The van der Waals surface area contributed by atoms with Gasteiger partial charge in [0.2, 0.25) is 10.0 Å². The predicted molar refractivity (Wildman–Crippen MR) is 77.1 cm³/mol. The Balaban J connectivity index is 1.64. The van der Waals surface area contributed by atoms with Crippen LogP contribution in [0.15, 0.2) is 12.1 Å². The van der Waals surface area contributed by atoms with E-state index in [1.54, 1.807) is 11.2 Å². The maximum absolute atomic E-state index is 11.9. The number of sulfonamides is 1. The van der Waals surface area contributed by atoms with Crippen LogP contribution in [-0.2, 0) is 10.0 Å². The molecule has 3 rings (SSSR count). The van der Waals surface area contributed by atoms with Gasteiger partial charge in [0.05, 0.1) is 11.4 Å². The molecule has 0 saturated carbocycles. The Bertz CT molecular complexity index is 593. The number of anilines is 1. The van der Waals surface area contributed by atoms with Gasteiger partial charge in [0.15, 0.2) is 5.82 Å². The van der Waals surface area contributed by atoms with Crippen molar-refractivity contribution in [3.8, 4) is 0 Å². The fraction of sp³-hybridized carbons (Fsp3) is 0.692. The second kappa shape index (κ2) is 4.66. The minimum Gasteiger partial charge on any atom is -0.354 e. The third-order valence-electron chi connectivity index (χ3n) is 4.32. The molecule has 110 valence electrons. The van der Waals surface area contributed by atoms with Crippen LogP contribution in [0.1, 0.15) is 19.0 Å². The Kier molecular flexibility index (Phi) is 3.21. The average molecular weight is 296 g/mol. The summed E-state index contributed by atoms with van der Waals surface area (Å²) in [5.41, 5.74) is 1.03. The van der Waals surface area contributed by atoms with Crippen molar-refractivity contribution in [3.63, 3.8) is 0 Å². The summed E-state index contributed by atoms with van der Waals surface area (Å²) in [6, 6.07) is 3.93. The van der Waals surface area contributed by atoms with Crippen LogP contribution in [0.3, 0.4) is 0 Å². The summed E-state index contributed by atoms with van der Waals surface area (Å²) in [6.45, 7) is 6.68. The van der Waals surface area contributed by atoms with Crippen molar-refractivity contribution in [3.05, 3.63) is 17.8 Å². The fourth-order valence-electron chi connectivity index (χ4n) is 3.06. The van der Waals surface area contributed by atoms with Crippen molar-refractivity contribution in [1.29, 1.82) is 0 Å². The Labute approximate surface area is 119 Å². The van der Waals surface area contributed by atoms with Crippen LogP contribution in [0.2, 0.25) is 0 Å². The van der Waals surface area contributed by atoms with Crippen molar-refractivity contribution < 1.29 is 8.42 Å². The Morgan fingerprint density at radius 3 is 2.60 bits per heavy atom. The van der Waals surface area contributed by atoms with Gasteiger partial charge in [-0.05, 0) is 32.4 Å². The van der Waals surface area contributed by atoms with Gasteiger partial charge in [-0.2, -0.15) is 5.10 Å². The van der Waals surface area contributed by atoms with Gasteiger partial charge in [0.25, 0.3) is 0 Å². The molecule has 2 aliphatic heterocycles. The highest BCUT2D eigenvalue weighted by Gasteiger charge is 2.50. The van der Waals surface area contributed by atoms with Crippen LogP contribution in [0.4, 0.5) is 5.82 Å². The first kappa shape index (κ1) is 13.8. The van der Waals surface area contributed by atoms with E-state index in [1.165, 1.54) is 0 Å². The highest BCUT2D eigenvalue weighted by atomic mass is 32.2. The summed E-state index contributed by atoms with van der Waals surface area (Å²) in [5.74, 6) is 1.08. The zero-order valence-electron chi connectivity index (χ0n) is 11.9. The molecule has 7 heteroatoms. The molecule has 0 amide bonds. The van der Waals surface area contributed by atoms with Gasteiger partial charge in [-0.25, -0.2) is 12.7 Å². The maximum atomic E-state index is 11.9. The van der Waals surface area contributed by atoms with Crippen molar-refractivity contribution in [2.45, 2.75) is 20.3 Å². The SMILES string of the molecule is CCS(=O)(=O)N1CCC2(CN(c3ccc(C)nn3)C2)C1. The number of aromatic nitrogens is 2. The molecule has 3 heterocycles. The molecular formula is C13H20N4O2S. The summed E-state index contributed by atoms with van der Waals surface area (Å²) < 4.78 is 25.5. The lowest BCUT2D eigenvalue weighted by Crippen LogP contribution is -2.58. The molecule has 0 N–H and O–H groups in total. The van der Waals surface area contributed by atoms with E-state index >= 15 is 0 Å². The molecule has 0 radical (unpaired) electrons. The number of nitrogens with zero attached hydrogens (tertiary/aromatic N) is 4. The molecule has 0 unspecified atom stereocenters. The fourth-order valence-corrected chi connectivity index (χ4v) is 4.26. The van der Waals surface area contributed by atoms with E-state index in [9.17, 15) is 8.42 Å². The molecule has 6 nitrogen and oxygen atoms in total.